The number of halogens is 1. The Labute approximate surface area is 188 Å². The molecule has 2 aliphatic heterocycles. The molecule has 0 aromatic rings. The Hall–Kier alpha value is -0.570. The second-order valence-corrected chi connectivity index (χ2v) is 8.66. The number of aliphatic imine (C=N–C) groups is 1. The van der Waals surface area contributed by atoms with Crippen LogP contribution in [0.4, 0.5) is 0 Å². The normalized spacial score (nSPS) is 28.8. The quantitative estimate of drug-likeness (QED) is 0.188. The molecule has 28 heavy (non-hydrogen) atoms. The Kier molecular flexibility index (Phi) is 11.7. The number of hydrogen-bond acceptors (Lipinski definition) is 4. The first kappa shape index (κ1) is 25.5. The number of esters is 1. The maximum Gasteiger partial charge on any atom is 0.310 e. The fraction of sp³-hybridized carbons (Fsp3) is 0.905. The van der Waals surface area contributed by atoms with E-state index in [1.165, 1.54) is 39.6 Å². The fourth-order valence-electron chi connectivity index (χ4n) is 4.63. The highest BCUT2D eigenvalue weighted by atomic mass is 127. The molecule has 0 aromatic heterocycles. The summed E-state index contributed by atoms with van der Waals surface area (Å²) in [7, 11) is 1.47. The molecule has 0 radical (unpaired) electrons. The lowest BCUT2D eigenvalue weighted by Crippen LogP contribution is -2.41. The summed E-state index contributed by atoms with van der Waals surface area (Å²) in [6, 6.07) is 0. The number of ether oxygens (including phenoxy) is 1. The predicted molar refractivity (Wildman–Crippen MR) is 126 cm³/mol. The minimum Gasteiger partial charge on any atom is -0.469 e. The summed E-state index contributed by atoms with van der Waals surface area (Å²) < 4.78 is 4.95. The van der Waals surface area contributed by atoms with Crippen molar-refractivity contribution in [1.82, 2.24) is 15.1 Å². The van der Waals surface area contributed by atoms with E-state index in [0.29, 0.717) is 12.5 Å². The summed E-state index contributed by atoms with van der Waals surface area (Å²) in [6.07, 6.45) is 3.68. The second-order valence-electron chi connectivity index (χ2n) is 8.66. The molecule has 2 heterocycles. The summed E-state index contributed by atoms with van der Waals surface area (Å²) in [4.78, 5) is 21.6. The lowest BCUT2D eigenvalue weighted by molar-refractivity contribution is -0.145. The fourth-order valence-corrected chi connectivity index (χ4v) is 4.63. The molecule has 6 nitrogen and oxygen atoms in total. The van der Waals surface area contributed by atoms with Crippen molar-refractivity contribution in [3.05, 3.63) is 0 Å². The largest absolute Gasteiger partial charge is 0.469 e. The van der Waals surface area contributed by atoms with Gasteiger partial charge in [-0.15, -0.1) is 24.0 Å². The number of carbonyl (C=O) groups is 1. The van der Waals surface area contributed by atoms with Gasteiger partial charge in [-0.05, 0) is 50.5 Å². The van der Waals surface area contributed by atoms with Crippen LogP contribution in [0.25, 0.3) is 0 Å². The van der Waals surface area contributed by atoms with Gasteiger partial charge in [0.05, 0.1) is 13.0 Å². The van der Waals surface area contributed by atoms with Crippen molar-refractivity contribution in [2.24, 2.45) is 28.7 Å². The number of nitrogens with zero attached hydrogens (tertiary/aromatic N) is 3. The van der Waals surface area contributed by atoms with Gasteiger partial charge in [-0.3, -0.25) is 9.79 Å². The number of methoxy groups -OCH3 is 1. The highest BCUT2D eigenvalue weighted by Gasteiger charge is 2.36. The van der Waals surface area contributed by atoms with Gasteiger partial charge < -0.3 is 19.9 Å². The number of piperidine rings is 1. The molecule has 2 fully saturated rings. The molecule has 4 unspecified atom stereocenters. The van der Waals surface area contributed by atoms with E-state index in [4.69, 9.17) is 9.73 Å². The number of unbranched alkanes of at least 4 members (excludes halogenated alkanes) is 1. The maximum atomic E-state index is 11.9. The van der Waals surface area contributed by atoms with E-state index in [0.717, 1.165) is 43.9 Å². The van der Waals surface area contributed by atoms with Gasteiger partial charge in [0.25, 0.3) is 0 Å². The highest BCUT2D eigenvalue weighted by molar-refractivity contribution is 14.0. The molecule has 0 aliphatic carbocycles. The molecule has 0 amide bonds. The molecule has 164 valence electrons. The molecule has 2 aliphatic rings. The van der Waals surface area contributed by atoms with Crippen LogP contribution >= 0.6 is 24.0 Å². The Balaban J connectivity index is 0.00000392. The van der Waals surface area contributed by atoms with E-state index in [1.807, 2.05) is 0 Å². The molecule has 2 saturated heterocycles. The Bertz CT molecular complexity index is 493. The molecule has 0 saturated carbocycles. The van der Waals surface area contributed by atoms with Crippen molar-refractivity contribution < 1.29 is 9.53 Å². The van der Waals surface area contributed by atoms with Gasteiger partial charge in [0.15, 0.2) is 5.96 Å². The van der Waals surface area contributed by atoms with Gasteiger partial charge in [0, 0.05) is 39.3 Å². The third kappa shape index (κ3) is 7.69. The third-order valence-electron chi connectivity index (χ3n) is 5.84. The molecule has 4 atom stereocenters. The van der Waals surface area contributed by atoms with E-state index in [-0.39, 0.29) is 35.9 Å². The summed E-state index contributed by atoms with van der Waals surface area (Å²) >= 11 is 0. The van der Waals surface area contributed by atoms with Crippen LogP contribution in [0.1, 0.15) is 47.0 Å². The van der Waals surface area contributed by atoms with Crippen molar-refractivity contribution >= 4 is 35.9 Å². The highest BCUT2D eigenvalue weighted by Crippen LogP contribution is 2.24. The third-order valence-corrected chi connectivity index (χ3v) is 5.84. The maximum absolute atomic E-state index is 11.9. The first-order valence-electron chi connectivity index (χ1n) is 10.8. The smallest absolute Gasteiger partial charge is 0.310 e. The minimum atomic E-state index is -0.106. The number of nitrogens with one attached hydrogen (secondary N) is 1. The molecule has 0 bridgehead atoms. The van der Waals surface area contributed by atoms with Crippen molar-refractivity contribution in [3.63, 3.8) is 0 Å². The van der Waals surface area contributed by atoms with Gasteiger partial charge in [0.1, 0.15) is 0 Å². The van der Waals surface area contributed by atoms with Gasteiger partial charge >= 0.3 is 5.97 Å². The standard InChI is InChI=1S/C21H40N4O2.HI/c1-6-22-21(25-14-18(4)19(15-25)20(26)27-5)23-9-7-8-10-24-12-16(2)11-17(3)13-24;/h16-19H,6-15H2,1-5H3,(H,22,23);1H. The average molecular weight is 508 g/mol. The summed E-state index contributed by atoms with van der Waals surface area (Å²) in [6.45, 7) is 15.9. The van der Waals surface area contributed by atoms with Crippen molar-refractivity contribution in [2.75, 3.05) is 52.9 Å². The molecule has 0 aromatic carbocycles. The van der Waals surface area contributed by atoms with Crippen LogP contribution in [-0.4, -0.2) is 74.7 Å². The van der Waals surface area contributed by atoms with Gasteiger partial charge in [0.2, 0.25) is 0 Å². The SMILES string of the molecule is CCNC(=NCCCCN1CC(C)CC(C)C1)N1CC(C)C(C(=O)OC)C1.I. The van der Waals surface area contributed by atoms with Crippen molar-refractivity contribution in [2.45, 2.75) is 47.0 Å². The van der Waals surface area contributed by atoms with Crippen molar-refractivity contribution in [1.29, 1.82) is 0 Å². The van der Waals surface area contributed by atoms with E-state index < -0.39 is 0 Å². The first-order valence-corrected chi connectivity index (χ1v) is 10.8. The number of hydrogen-bond donors (Lipinski definition) is 1. The van der Waals surface area contributed by atoms with Crippen LogP contribution in [-0.2, 0) is 9.53 Å². The van der Waals surface area contributed by atoms with E-state index in [9.17, 15) is 4.79 Å². The zero-order valence-corrected chi connectivity index (χ0v) is 20.8. The van der Waals surface area contributed by atoms with Crippen molar-refractivity contribution in [3.8, 4) is 0 Å². The number of guanidine groups is 1. The summed E-state index contributed by atoms with van der Waals surface area (Å²) in [5.74, 6) is 2.73. The number of rotatable bonds is 7. The molecule has 7 heteroatoms. The lowest BCUT2D eigenvalue weighted by atomic mass is 9.92. The minimum absolute atomic E-state index is 0. The van der Waals surface area contributed by atoms with Gasteiger partial charge in [-0.2, -0.15) is 0 Å². The molecule has 0 spiro atoms. The molecule has 2 rings (SSSR count). The van der Waals surface area contributed by atoms with Crippen LogP contribution in [0.3, 0.4) is 0 Å². The second kappa shape index (κ2) is 12.9. The lowest BCUT2D eigenvalue weighted by Gasteiger charge is -2.34. The molecule has 1 N–H and O–H groups in total. The van der Waals surface area contributed by atoms with E-state index in [1.54, 1.807) is 0 Å². The Morgan fingerprint density at radius 2 is 1.79 bits per heavy atom. The average Bonchev–Trinajstić information content (AvgIpc) is 3.00. The van der Waals surface area contributed by atoms with Gasteiger partial charge in [-0.25, -0.2) is 0 Å². The topological polar surface area (TPSA) is 57.2 Å². The van der Waals surface area contributed by atoms with Crippen LogP contribution in [0, 0.1) is 23.7 Å². The summed E-state index contributed by atoms with van der Waals surface area (Å²) in [5, 5.41) is 3.39. The Morgan fingerprint density at radius 3 is 2.39 bits per heavy atom. The monoisotopic (exact) mass is 508 g/mol. The first-order chi connectivity index (χ1) is 12.9. The van der Waals surface area contributed by atoms with E-state index in [2.05, 4.69) is 42.8 Å². The van der Waals surface area contributed by atoms with Crippen LogP contribution in [0.5, 0.6) is 0 Å². The predicted octanol–water partition coefficient (Wildman–Crippen LogP) is 3.07. The zero-order valence-electron chi connectivity index (χ0n) is 18.4. The number of carbonyl (C=O) groups excluding carboxylic acids is 1. The Morgan fingerprint density at radius 1 is 1.11 bits per heavy atom. The molecular formula is C21H41IN4O2. The van der Waals surface area contributed by atoms with Crippen LogP contribution < -0.4 is 5.32 Å². The summed E-state index contributed by atoms with van der Waals surface area (Å²) in [5.41, 5.74) is 0. The van der Waals surface area contributed by atoms with E-state index >= 15 is 0 Å². The van der Waals surface area contributed by atoms with Crippen LogP contribution in [0.2, 0.25) is 0 Å². The zero-order chi connectivity index (χ0) is 19.8. The number of likely N-dealkylation sites (tertiary alicyclic amines) is 2. The van der Waals surface area contributed by atoms with Gasteiger partial charge in [-0.1, -0.05) is 20.8 Å². The molecular weight excluding hydrogens is 467 g/mol. The van der Waals surface area contributed by atoms with Crippen LogP contribution in [0.15, 0.2) is 4.99 Å².